The van der Waals surface area contributed by atoms with Crippen LogP contribution in [0.4, 0.5) is 11.4 Å². The first-order chi connectivity index (χ1) is 28.0. The second-order valence-electron chi connectivity index (χ2n) is 16.4. The molecule has 0 saturated heterocycles. The fourth-order valence-corrected chi connectivity index (χ4v) is 8.65. The van der Waals surface area contributed by atoms with Crippen molar-refractivity contribution in [2.45, 2.75) is 85.1 Å². The molecule has 0 radical (unpaired) electrons. The van der Waals surface area contributed by atoms with Gasteiger partial charge in [0.05, 0.1) is 41.8 Å². The van der Waals surface area contributed by atoms with E-state index in [1.54, 1.807) is 16.8 Å². The summed E-state index contributed by atoms with van der Waals surface area (Å²) in [5.74, 6) is 1.22. The van der Waals surface area contributed by atoms with Gasteiger partial charge in [-0.1, -0.05) is 114 Å². The summed E-state index contributed by atoms with van der Waals surface area (Å²) in [6, 6.07) is 29.6. The molecule has 0 amide bonds. The Bertz CT molecular complexity index is 3070. The van der Waals surface area contributed by atoms with E-state index in [0.717, 1.165) is 16.3 Å². The van der Waals surface area contributed by atoms with Crippen LogP contribution in [0.25, 0.3) is 65.5 Å². The first-order valence-corrected chi connectivity index (χ1v) is 19.9. The van der Waals surface area contributed by atoms with E-state index in [2.05, 4.69) is 126 Å². The quantitative estimate of drug-likeness (QED) is 0.112. The summed E-state index contributed by atoms with van der Waals surface area (Å²) in [7, 11) is 0. The SMILES string of the molecule is [C-]#[N+]c1cc([N+]2=[C-]N=CC2c2c(C(C)C)cccc2C(C)C)[c-]c2c1oc1ccc3oc4c(C#N)cc(-n5cc(-c6c(C(C)C)cccc6C(C)C)cn5)[c-]c4c3c12.[Pt]. The number of fused-ring (bicyclic) bond motifs is 7. The molecule has 1 aliphatic heterocycles. The zero-order valence-electron chi connectivity index (χ0n) is 34.2. The summed E-state index contributed by atoms with van der Waals surface area (Å²) in [6.45, 7) is 25.9. The van der Waals surface area contributed by atoms with Crippen molar-refractivity contribution in [3.63, 3.8) is 0 Å². The van der Waals surface area contributed by atoms with E-state index in [4.69, 9.17) is 20.5 Å². The van der Waals surface area contributed by atoms with Crippen LogP contribution in [0.1, 0.15) is 118 Å². The molecule has 1 atom stereocenters. The minimum Gasteiger partial charge on any atom is -0.522 e. The molecule has 1 aliphatic rings. The van der Waals surface area contributed by atoms with Gasteiger partial charge in [0.15, 0.2) is 0 Å². The predicted octanol–water partition coefficient (Wildman–Crippen LogP) is 13.2. The summed E-state index contributed by atoms with van der Waals surface area (Å²) in [5.41, 5.74) is 12.4. The molecule has 5 aromatic carbocycles. The standard InChI is InChI=1S/C50H42N6O2.Pt/c1-27(2)35-12-10-13-36(28(3)4)45(35)32-23-54-56(25-32)34-18-31(22-51)49-39(20-34)47-43(57-49)16-17-44-48(47)40-19-33(21-41(52-9)50(40)58-44)55-26-53-24-42(55)46-37(29(5)6)14-11-15-38(46)30(7)8;/h10-18,21,23-25,27-30,42H,1-8H3;/q-2;. The number of rotatable bonds is 8. The molecule has 4 heterocycles. The maximum absolute atomic E-state index is 10.5. The molecule has 9 heteroatoms. The van der Waals surface area contributed by atoms with Crippen LogP contribution in [0.5, 0.6) is 0 Å². The Morgan fingerprint density at radius 3 is 1.95 bits per heavy atom. The molecular formula is C50H42N6O2Pt-2. The molecule has 0 N–H and O–H groups in total. The molecule has 0 aliphatic carbocycles. The van der Waals surface area contributed by atoms with Crippen LogP contribution >= 0.6 is 0 Å². The van der Waals surface area contributed by atoms with Gasteiger partial charge in [-0.05, 0) is 74.9 Å². The van der Waals surface area contributed by atoms with Crippen LogP contribution in [0.3, 0.4) is 0 Å². The molecule has 0 fully saturated rings. The molecular weight excluding hydrogens is 912 g/mol. The Morgan fingerprint density at radius 1 is 0.797 bits per heavy atom. The van der Waals surface area contributed by atoms with Crippen molar-refractivity contribution in [1.82, 2.24) is 9.78 Å². The molecule has 3 aromatic heterocycles. The van der Waals surface area contributed by atoms with Crippen molar-refractivity contribution in [2.75, 3.05) is 0 Å². The average Bonchev–Trinajstić information content (AvgIpc) is 4.04. The fraction of sp³-hybridized carbons (Fsp3) is 0.260. The molecule has 0 spiro atoms. The van der Waals surface area contributed by atoms with E-state index in [-0.39, 0.29) is 38.9 Å². The number of hydrogen-bond acceptors (Lipinski definition) is 5. The van der Waals surface area contributed by atoms with E-state index in [0.29, 0.717) is 67.6 Å². The third-order valence-electron chi connectivity index (χ3n) is 11.4. The van der Waals surface area contributed by atoms with Gasteiger partial charge in [-0.2, -0.15) is 21.4 Å². The van der Waals surface area contributed by atoms with Crippen LogP contribution in [-0.2, 0) is 21.1 Å². The van der Waals surface area contributed by atoms with Gasteiger partial charge in [0.2, 0.25) is 6.34 Å². The fourth-order valence-electron chi connectivity index (χ4n) is 8.65. The van der Waals surface area contributed by atoms with Gasteiger partial charge in [-0.3, -0.25) is 9.53 Å². The molecule has 8 nitrogen and oxygen atoms in total. The van der Waals surface area contributed by atoms with Crippen LogP contribution in [0, 0.1) is 30.0 Å². The largest absolute Gasteiger partial charge is 0.522 e. The number of aromatic nitrogens is 2. The predicted molar refractivity (Wildman–Crippen MR) is 231 cm³/mol. The number of benzene rings is 5. The Kier molecular flexibility index (Phi) is 10.3. The second-order valence-corrected chi connectivity index (χ2v) is 16.4. The maximum Gasteiger partial charge on any atom is 0.247 e. The topological polar surface area (TPSA) is 87.6 Å². The zero-order valence-corrected chi connectivity index (χ0v) is 36.5. The van der Waals surface area contributed by atoms with Gasteiger partial charge < -0.3 is 13.4 Å². The first-order valence-electron chi connectivity index (χ1n) is 19.9. The van der Waals surface area contributed by atoms with Gasteiger partial charge >= 0.3 is 0 Å². The van der Waals surface area contributed by atoms with Crippen molar-refractivity contribution < 1.29 is 34.5 Å². The van der Waals surface area contributed by atoms with Gasteiger partial charge in [0, 0.05) is 44.0 Å². The van der Waals surface area contributed by atoms with Crippen LogP contribution < -0.4 is 0 Å². The van der Waals surface area contributed by atoms with Crippen molar-refractivity contribution in [3.8, 4) is 22.9 Å². The third-order valence-corrected chi connectivity index (χ3v) is 11.4. The number of aliphatic imine (C=N–C) groups is 1. The molecule has 296 valence electrons. The van der Waals surface area contributed by atoms with Crippen LogP contribution in [-0.4, -0.2) is 26.9 Å². The Labute approximate surface area is 358 Å². The van der Waals surface area contributed by atoms with Crippen molar-refractivity contribution in [1.29, 1.82) is 5.26 Å². The summed E-state index contributed by atoms with van der Waals surface area (Å²) >= 11 is 0. The molecule has 1 unspecified atom stereocenters. The van der Waals surface area contributed by atoms with Crippen molar-refractivity contribution in [2.24, 2.45) is 4.99 Å². The second kappa shape index (κ2) is 15.3. The number of nitriles is 1. The van der Waals surface area contributed by atoms with E-state index in [9.17, 15) is 5.26 Å². The van der Waals surface area contributed by atoms with E-state index in [1.807, 2.05) is 35.3 Å². The van der Waals surface area contributed by atoms with Gasteiger partial charge in [0.25, 0.3) is 0 Å². The summed E-state index contributed by atoms with van der Waals surface area (Å²) in [4.78, 5) is 8.49. The van der Waals surface area contributed by atoms with E-state index < -0.39 is 0 Å². The van der Waals surface area contributed by atoms with E-state index in [1.165, 1.54) is 33.4 Å². The van der Waals surface area contributed by atoms with Crippen molar-refractivity contribution in [3.05, 3.63) is 130 Å². The van der Waals surface area contributed by atoms with Crippen LogP contribution in [0.15, 0.2) is 86.9 Å². The van der Waals surface area contributed by atoms with E-state index >= 15 is 0 Å². The van der Waals surface area contributed by atoms with Gasteiger partial charge in [-0.15, -0.1) is 22.9 Å². The Balaban J connectivity index is 0.00000484. The number of furan rings is 2. The monoisotopic (exact) mass is 953 g/mol. The third kappa shape index (κ3) is 6.42. The summed E-state index contributed by atoms with van der Waals surface area (Å²) in [5, 5.41) is 18.0. The van der Waals surface area contributed by atoms with Crippen LogP contribution in [0.2, 0.25) is 0 Å². The van der Waals surface area contributed by atoms with Gasteiger partial charge in [0.1, 0.15) is 11.7 Å². The van der Waals surface area contributed by atoms with Crippen molar-refractivity contribution >= 4 is 67.8 Å². The Morgan fingerprint density at radius 2 is 1.37 bits per heavy atom. The Hall–Kier alpha value is -6.08. The normalized spacial score (nSPS) is 14.1. The molecule has 59 heavy (non-hydrogen) atoms. The number of hydrogen-bond donors (Lipinski definition) is 0. The molecule has 0 bridgehead atoms. The summed E-state index contributed by atoms with van der Waals surface area (Å²) in [6.07, 6.45) is 9.04. The van der Waals surface area contributed by atoms with Gasteiger partial charge in [-0.25, -0.2) is 0 Å². The minimum absolute atomic E-state index is 0. The average molecular weight is 954 g/mol. The minimum atomic E-state index is -0.242. The first kappa shape index (κ1) is 39.7. The molecule has 8 aromatic rings. The molecule has 0 saturated carbocycles. The smallest absolute Gasteiger partial charge is 0.247 e. The maximum atomic E-state index is 10.5. The summed E-state index contributed by atoms with van der Waals surface area (Å²) < 4.78 is 16.7. The molecule has 9 rings (SSSR count). The number of nitrogens with zero attached hydrogens (tertiary/aromatic N) is 6. The zero-order chi connectivity index (χ0) is 40.6.